The van der Waals surface area contributed by atoms with E-state index in [4.69, 9.17) is 0 Å². The molecule has 3 amide bonds. The fraction of sp³-hybridized carbons (Fsp3) is 0.667. The molecule has 1 aromatic rings. The number of nitrogens with one attached hydrogen (secondary N) is 1. The predicted octanol–water partition coefficient (Wildman–Crippen LogP) is 3.08. The highest BCUT2D eigenvalue weighted by Crippen LogP contribution is 2.31. The molecule has 0 radical (unpaired) electrons. The van der Waals surface area contributed by atoms with Crippen LogP contribution in [0.1, 0.15) is 51.5 Å². The van der Waals surface area contributed by atoms with Crippen molar-refractivity contribution < 1.29 is 9.59 Å². The third kappa shape index (κ3) is 4.64. The summed E-state index contributed by atoms with van der Waals surface area (Å²) in [6.07, 6.45) is 5.72. The first-order valence-corrected chi connectivity index (χ1v) is 11.6. The van der Waals surface area contributed by atoms with Crippen LogP contribution in [-0.4, -0.2) is 70.9 Å². The summed E-state index contributed by atoms with van der Waals surface area (Å²) in [6.45, 7) is 8.81. The van der Waals surface area contributed by atoms with Crippen molar-refractivity contribution in [1.82, 2.24) is 20.0 Å². The molecule has 2 heterocycles. The number of fused-ring (bicyclic) bond motifs is 1. The molecular weight excluding hydrogens is 376 g/mol. The van der Waals surface area contributed by atoms with Crippen molar-refractivity contribution in [2.24, 2.45) is 5.92 Å². The lowest BCUT2D eigenvalue weighted by molar-refractivity contribution is -0.143. The molecule has 1 unspecified atom stereocenters. The zero-order valence-corrected chi connectivity index (χ0v) is 18.5. The normalized spacial score (nSPS) is 24.9. The van der Waals surface area contributed by atoms with Crippen LogP contribution in [0.3, 0.4) is 0 Å². The fourth-order valence-corrected chi connectivity index (χ4v) is 5.53. The molecule has 4 rings (SSSR count). The van der Waals surface area contributed by atoms with Crippen LogP contribution in [0, 0.1) is 5.92 Å². The predicted molar refractivity (Wildman–Crippen MR) is 118 cm³/mol. The number of urea groups is 1. The van der Waals surface area contributed by atoms with Gasteiger partial charge < -0.3 is 15.1 Å². The number of carbonyl (C=O) groups excluding carboxylic acids is 2. The van der Waals surface area contributed by atoms with Gasteiger partial charge in [0, 0.05) is 56.8 Å². The van der Waals surface area contributed by atoms with Gasteiger partial charge in [-0.3, -0.25) is 9.69 Å². The first-order chi connectivity index (χ1) is 14.4. The first kappa shape index (κ1) is 21.2. The maximum Gasteiger partial charge on any atom is 0.317 e. The van der Waals surface area contributed by atoms with E-state index >= 15 is 0 Å². The average Bonchev–Trinajstić information content (AvgIpc) is 2.77. The Kier molecular flexibility index (Phi) is 6.32. The van der Waals surface area contributed by atoms with Crippen LogP contribution in [0.4, 0.5) is 4.79 Å². The van der Waals surface area contributed by atoms with E-state index in [0.29, 0.717) is 25.5 Å². The van der Waals surface area contributed by atoms with Gasteiger partial charge in [-0.05, 0) is 32.3 Å². The van der Waals surface area contributed by atoms with E-state index in [9.17, 15) is 9.59 Å². The highest BCUT2D eigenvalue weighted by atomic mass is 16.2. The minimum Gasteiger partial charge on any atom is -0.340 e. The van der Waals surface area contributed by atoms with Crippen molar-refractivity contribution in [3.05, 3.63) is 35.9 Å². The Labute approximate surface area is 180 Å². The molecular formula is C24H36N4O2. The molecule has 0 bridgehead atoms. The molecule has 6 heteroatoms. The van der Waals surface area contributed by atoms with Gasteiger partial charge in [-0.1, -0.05) is 49.6 Å². The monoisotopic (exact) mass is 412 g/mol. The van der Waals surface area contributed by atoms with E-state index in [1.54, 1.807) is 0 Å². The minimum atomic E-state index is -0.0903. The number of amides is 3. The van der Waals surface area contributed by atoms with Crippen LogP contribution in [0.5, 0.6) is 0 Å². The lowest BCUT2D eigenvalue weighted by Crippen LogP contribution is -2.71. The molecule has 3 fully saturated rings. The first-order valence-electron chi connectivity index (χ1n) is 11.6. The second kappa shape index (κ2) is 8.96. The summed E-state index contributed by atoms with van der Waals surface area (Å²) in [7, 11) is 0. The number of rotatable bonds is 3. The summed E-state index contributed by atoms with van der Waals surface area (Å²) in [5, 5.41) is 3.08. The lowest BCUT2D eigenvalue weighted by Gasteiger charge is -2.55. The Morgan fingerprint density at radius 2 is 1.70 bits per heavy atom. The number of benzene rings is 1. The Balaban J connectivity index is 1.38. The smallest absolute Gasteiger partial charge is 0.317 e. The molecule has 6 nitrogen and oxygen atoms in total. The van der Waals surface area contributed by atoms with E-state index in [2.05, 4.69) is 29.0 Å². The van der Waals surface area contributed by atoms with Crippen LogP contribution in [0.25, 0.3) is 0 Å². The number of piperazine rings is 2. The van der Waals surface area contributed by atoms with E-state index in [1.165, 1.54) is 19.3 Å². The zero-order valence-electron chi connectivity index (χ0n) is 18.5. The van der Waals surface area contributed by atoms with Crippen molar-refractivity contribution in [1.29, 1.82) is 0 Å². The highest BCUT2D eigenvalue weighted by molar-refractivity contribution is 5.79. The summed E-state index contributed by atoms with van der Waals surface area (Å²) in [5.41, 5.74) is 1.01. The Hall–Kier alpha value is -2.08. The Bertz CT molecular complexity index is 745. The molecule has 30 heavy (non-hydrogen) atoms. The van der Waals surface area contributed by atoms with E-state index in [0.717, 1.165) is 38.0 Å². The van der Waals surface area contributed by atoms with Crippen molar-refractivity contribution in [2.75, 3.05) is 32.7 Å². The van der Waals surface area contributed by atoms with Gasteiger partial charge >= 0.3 is 6.03 Å². The topological polar surface area (TPSA) is 55.9 Å². The fourth-order valence-electron chi connectivity index (χ4n) is 5.53. The van der Waals surface area contributed by atoms with Crippen LogP contribution in [0.15, 0.2) is 30.3 Å². The van der Waals surface area contributed by atoms with Crippen molar-refractivity contribution in [3.8, 4) is 0 Å². The quantitative estimate of drug-likeness (QED) is 0.830. The summed E-state index contributed by atoms with van der Waals surface area (Å²) in [5.74, 6) is 0.560. The SMILES string of the molecule is CC1(C)CN(C(=O)NCc2ccccc2)CC2CN(C(=O)C3CCCCC3)CCN21. The Morgan fingerprint density at radius 3 is 2.43 bits per heavy atom. The summed E-state index contributed by atoms with van der Waals surface area (Å²) >= 11 is 0. The van der Waals surface area contributed by atoms with E-state index in [-0.39, 0.29) is 23.5 Å². The van der Waals surface area contributed by atoms with Crippen molar-refractivity contribution in [3.63, 3.8) is 0 Å². The molecule has 1 aliphatic carbocycles. The molecule has 3 aliphatic rings. The number of nitrogens with zero attached hydrogens (tertiary/aromatic N) is 3. The van der Waals surface area contributed by atoms with Crippen LogP contribution in [-0.2, 0) is 11.3 Å². The molecule has 2 saturated heterocycles. The number of hydrogen-bond acceptors (Lipinski definition) is 3. The third-order valence-electron chi connectivity index (χ3n) is 7.11. The van der Waals surface area contributed by atoms with Crippen LogP contribution < -0.4 is 5.32 Å². The molecule has 1 aromatic carbocycles. The van der Waals surface area contributed by atoms with Gasteiger partial charge in [-0.2, -0.15) is 0 Å². The average molecular weight is 413 g/mol. The van der Waals surface area contributed by atoms with Gasteiger partial charge in [0.25, 0.3) is 0 Å². The molecule has 1 saturated carbocycles. The van der Waals surface area contributed by atoms with E-state index in [1.807, 2.05) is 35.2 Å². The highest BCUT2D eigenvalue weighted by Gasteiger charge is 2.45. The van der Waals surface area contributed by atoms with Crippen molar-refractivity contribution >= 4 is 11.9 Å². The summed E-state index contributed by atoms with van der Waals surface area (Å²) in [6, 6.07) is 10.2. The largest absolute Gasteiger partial charge is 0.340 e. The van der Waals surface area contributed by atoms with Crippen molar-refractivity contribution in [2.45, 2.75) is 64.1 Å². The van der Waals surface area contributed by atoms with Gasteiger partial charge in [0.05, 0.1) is 0 Å². The summed E-state index contributed by atoms with van der Waals surface area (Å²) < 4.78 is 0. The van der Waals surface area contributed by atoms with Gasteiger partial charge in [-0.15, -0.1) is 0 Å². The number of hydrogen-bond donors (Lipinski definition) is 1. The van der Waals surface area contributed by atoms with Crippen LogP contribution in [0.2, 0.25) is 0 Å². The molecule has 1 atom stereocenters. The van der Waals surface area contributed by atoms with E-state index < -0.39 is 0 Å². The maximum absolute atomic E-state index is 13.1. The van der Waals surface area contributed by atoms with Crippen LogP contribution >= 0.6 is 0 Å². The van der Waals surface area contributed by atoms with Gasteiger partial charge in [0.15, 0.2) is 0 Å². The summed E-state index contributed by atoms with van der Waals surface area (Å²) in [4.78, 5) is 32.5. The second-order valence-corrected chi connectivity index (χ2v) is 9.80. The Morgan fingerprint density at radius 1 is 1.00 bits per heavy atom. The number of carbonyl (C=O) groups is 2. The van der Waals surface area contributed by atoms with Gasteiger partial charge in [-0.25, -0.2) is 4.79 Å². The lowest BCUT2D eigenvalue weighted by atomic mass is 9.87. The van der Waals surface area contributed by atoms with Gasteiger partial charge in [0.1, 0.15) is 0 Å². The maximum atomic E-state index is 13.1. The molecule has 164 valence electrons. The van der Waals surface area contributed by atoms with Gasteiger partial charge in [0.2, 0.25) is 5.91 Å². The molecule has 1 N–H and O–H groups in total. The third-order valence-corrected chi connectivity index (χ3v) is 7.11. The second-order valence-electron chi connectivity index (χ2n) is 9.80. The zero-order chi connectivity index (χ0) is 21.1. The minimum absolute atomic E-state index is 0.0118. The molecule has 2 aliphatic heterocycles. The molecule has 0 aromatic heterocycles. The molecule has 0 spiro atoms. The standard InChI is InChI=1S/C24H36N4O2/c1-24(2)18-27(23(30)25-15-19-9-5-3-6-10-19)17-21-16-26(13-14-28(21)24)22(29)20-11-7-4-8-12-20/h3,5-6,9-10,20-21H,4,7-8,11-18H2,1-2H3,(H,25,30).